The molecule has 1 unspecified atom stereocenters. The molecule has 2 N–H and O–H groups in total. The molecule has 0 aromatic carbocycles. The zero-order chi connectivity index (χ0) is 28.3. The van der Waals surface area contributed by atoms with Gasteiger partial charge in [0.05, 0.1) is 12.4 Å². The molecule has 206 valence electrons. The predicted octanol–water partition coefficient (Wildman–Crippen LogP) is 7.83. The van der Waals surface area contributed by atoms with E-state index in [-0.39, 0.29) is 12.0 Å². The Morgan fingerprint density at radius 1 is 1.11 bits per heavy atom. The summed E-state index contributed by atoms with van der Waals surface area (Å²) in [6.07, 6.45) is 17.1. The predicted molar refractivity (Wildman–Crippen MR) is 155 cm³/mol. The summed E-state index contributed by atoms with van der Waals surface area (Å²) in [5.74, 6) is 0.478. The van der Waals surface area contributed by atoms with Crippen LogP contribution in [-0.2, 0) is 14.3 Å². The van der Waals surface area contributed by atoms with Gasteiger partial charge in [0, 0.05) is 19.7 Å². The van der Waals surface area contributed by atoms with Crippen LogP contribution in [0, 0.1) is 5.41 Å². The number of nitrogens with one attached hydrogen (secondary N) is 1. The molecule has 0 saturated heterocycles. The summed E-state index contributed by atoms with van der Waals surface area (Å²) in [6, 6.07) is 0. The minimum atomic E-state index is -0.304. The van der Waals surface area contributed by atoms with E-state index in [1.165, 1.54) is 18.0 Å². The largest absolute Gasteiger partial charge is 0.499 e. The molecule has 0 aliphatic rings. The molecule has 0 aromatic rings. The fraction of sp³-hybridized carbons (Fsp3) is 0.586. The van der Waals surface area contributed by atoms with E-state index < -0.39 is 0 Å². The van der Waals surface area contributed by atoms with Gasteiger partial charge in [-0.1, -0.05) is 85.8 Å². The molecule has 6 nitrogen and oxygen atoms in total. The van der Waals surface area contributed by atoms with Crippen molar-refractivity contribution in [3.8, 4) is 0 Å². The number of carbonyl (C=O) groups is 1. The number of allylic oxidation sites excluding steroid dienone is 3. The van der Waals surface area contributed by atoms with Crippen LogP contribution in [0.4, 0.5) is 0 Å². The number of hydrogen-bond acceptors (Lipinski definition) is 5. The highest BCUT2D eigenvalue weighted by Crippen LogP contribution is 1.99. The van der Waals surface area contributed by atoms with Crippen molar-refractivity contribution >= 4 is 12.1 Å². The second-order valence-corrected chi connectivity index (χ2v) is 6.29. The smallest absolute Gasteiger partial charge is 0.223 e. The van der Waals surface area contributed by atoms with E-state index in [1.54, 1.807) is 24.6 Å². The zero-order valence-corrected chi connectivity index (χ0v) is 24.2. The Bertz CT molecular complexity index is 541. The van der Waals surface area contributed by atoms with Crippen LogP contribution >= 0.6 is 0 Å². The third kappa shape index (κ3) is 45.6. The molecule has 0 saturated carbocycles. The van der Waals surface area contributed by atoms with Gasteiger partial charge < -0.3 is 24.9 Å². The Hall–Kier alpha value is -2.60. The number of nitrogens with zero attached hydrogens (tertiary/aromatic N) is 1. The number of aliphatic hydroxyl groups excluding tert-OH is 1. The van der Waals surface area contributed by atoms with E-state index >= 15 is 0 Å². The fourth-order valence-corrected chi connectivity index (χ4v) is 1.65. The number of carbonyl (C=O) groups excluding carboxylic acids is 1. The fourth-order valence-electron chi connectivity index (χ4n) is 1.65. The first-order valence-corrected chi connectivity index (χ1v) is 12.8. The van der Waals surface area contributed by atoms with Gasteiger partial charge in [-0.3, -0.25) is 4.79 Å². The van der Waals surface area contributed by atoms with Crippen molar-refractivity contribution in [2.75, 3.05) is 19.8 Å². The summed E-state index contributed by atoms with van der Waals surface area (Å²) in [7, 11) is 0. The number of amides is 1. The Balaban J connectivity index is -0.000000136. The van der Waals surface area contributed by atoms with Gasteiger partial charge >= 0.3 is 0 Å². The van der Waals surface area contributed by atoms with Crippen LogP contribution in [0.5, 0.6) is 0 Å². The maximum atomic E-state index is 11.2. The molecular weight excluding hydrogens is 440 g/mol. The van der Waals surface area contributed by atoms with E-state index in [9.17, 15) is 9.90 Å². The summed E-state index contributed by atoms with van der Waals surface area (Å²) in [5.41, 5.74) is 0. The van der Waals surface area contributed by atoms with Gasteiger partial charge in [0.2, 0.25) is 5.91 Å². The molecular formula is C29H56N2O4. The normalized spacial score (nSPS) is 10.2. The van der Waals surface area contributed by atoms with Crippen LogP contribution in [0.2, 0.25) is 0 Å². The van der Waals surface area contributed by atoms with Gasteiger partial charge in [-0.25, -0.2) is 0 Å². The van der Waals surface area contributed by atoms with Crippen LogP contribution in [0.1, 0.15) is 88.0 Å². The summed E-state index contributed by atoms with van der Waals surface area (Å²) in [4.78, 5) is 12.7. The number of ether oxygens (including phenoxy) is 2. The Labute approximate surface area is 217 Å². The molecule has 0 rings (SSSR count). The molecule has 0 heterocycles. The van der Waals surface area contributed by atoms with Crippen LogP contribution in [0.25, 0.3) is 0 Å². The maximum absolute atomic E-state index is 11.2. The monoisotopic (exact) mass is 496 g/mol. The number of aliphatic hydroxyl groups is 1. The van der Waals surface area contributed by atoms with Crippen LogP contribution in [0.3, 0.4) is 0 Å². The lowest BCUT2D eigenvalue weighted by atomic mass is 10.2. The highest BCUT2D eigenvalue weighted by molar-refractivity contribution is 5.74. The first-order chi connectivity index (χ1) is 16.8. The highest BCUT2D eigenvalue weighted by Gasteiger charge is 2.01. The van der Waals surface area contributed by atoms with E-state index in [0.717, 1.165) is 25.7 Å². The molecule has 0 aliphatic carbocycles. The highest BCUT2D eigenvalue weighted by atomic mass is 16.5. The lowest BCUT2D eigenvalue weighted by Gasteiger charge is -2.13. The minimum Gasteiger partial charge on any atom is -0.499 e. The van der Waals surface area contributed by atoms with Gasteiger partial charge in [0.15, 0.2) is 0 Å². The van der Waals surface area contributed by atoms with Gasteiger partial charge in [-0.05, 0) is 38.5 Å². The standard InChI is InChI=1S/C13H19NO2.C9H18O2.C3H7N.2C2H6/c1-5-7-11-16-12(3)8-10-14(9-6-2)13(4)15;1-3-5-7-11-8-9(10)6-4-2;1-2-3-4;2*1-2/h5-8,10H,2-3,9,11H2,1,4H3;5,7,9-10H,3-4,6,8H2,1-2H3;3-4H,2H2,1H3;2*1-2H3/b7-5+,10-8-;7-5+;;;. The molecule has 35 heavy (non-hydrogen) atoms. The summed E-state index contributed by atoms with van der Waals surface area (Å²) in [6.45, 7) is 26.1. The van der Waals surface area contributed by atoms with Crippen LogP contribution in [0.15, 0.2) is 61.8 Å². The lowest BCUT2D eigenvalue weighted by molar-refractivity contribution is -0.125. The topological polar surface area (TPSA) is 82.8 Å². The van der Waals surface area contributed by atoms with Crippen molar-refractivity contribution in [3.63, 3.8) is 0 Å². The Morgan fingerprint density at radius 3 is 2.09 bits per heavy atom. The second-order valence-electron chi connectivity index (χ2n) is 6.29. The van der Waals surface area contributed by atoms with Crippen molar-refractivity contribution in [1.29, 1.82) is 5.41 Å². The molecule has 1 amide bonds. The Kier molecular flexibility index (Phi) is 50.6. The van der Waals surface area contributed by atoms with Gasteiger partial charge in [-0.2, -0.15) is 0 Å². The third-order valence-electron chi connectivity index (χ3n) is 3.31. The molecule has 0 aromatic heterocycles. The van der Waals surface area contributed by atoms with E-state index in [4.69, 9.17) is 14.9 Å². The molecule has 0 radical (unpaired) electrons. The summed E-state index contributed by atoms with van der Waals surface area (Å²) in [5, 5.41) is 15.5. The van der Waals surface area contributed by atoms with Crippen molar-refractivity contribution in [3.05, 3.63) is 61.8 Å². The van der Waals surface area contributed by atoms with Crippen molar-refractivity contribution in [1.82, 2.24) is 4.90 Å². The van der Waals surface area contributed by atoms with E-state index in [2.05, 4.69) is 13.2 Å². The quantitative estimate of drug-likeness (QED) is 0.111. The summed E-state index contributed by atoms with van der Waals surface area (Å²) < 4.78 is 10.3. The van der Waals surface area contributed by atoms with Crippen LogP contribution in [-0.4, -0.2) is 48.0 Å². The number of rotatable bonds is 14. The average Bonchev–Trinajstić information content (AvgIpc) is 2.87. The van der Waals surface area contributed by atoms with Gasteiger partial charge in [0.25, 0.3) is 0 Å². The molecule has 6 heteroatoms. The average molecular weight is 497 g/mol. The molecule has 0 bridgehead atoms. The zero-order valence-electron chi connectivity index (χ0n) is 24.2. The molecule has 1 atom stereocenters. The summed E-state index contributed by atoms with van der Waals surface area (Å²) >= 11 is 0. The van der Waals surface area contributed by atoms with Gasteiger partial charge in [0.1, 0.15) is 19.0 Å². The van der Waals surface area contributed by atoms with Crippen molar-refractivity contribution < 1.29 is 19.4 Å². The second kappa shape index (κ2) is 41.6. The number of hydrogen-bond donors (Lipinski definition) is 2. The van der Waals surface area contributed by atoms with Crippen LogP contribution < -0.4 is 0 Å². The van der Waals surface area contributed by atoms with E-state index in [1.807, 2.05) is 73.6 Å². The maximum Gasteiger partial charge on any atom is 0.223 e. The van der Waals surface area contributed by atoms with Crippen molar-refractivity contribution in [2.45, 2.75) is 94.1 Å². The first-order valence-electron chi connectivity index (χ1n) is 12.8. The molecule has 0 spiro atoms. The van der Waals surface area contributed by atoms with Gasteiger partial charge in [-0.15, -0.1) is 6.58 Å². The first kappa shape index (κ1) is 42.6. The lowest BCUT2D eigenvalue weighted by Crippen LogP contribution is -2.22. The van der Waals surface area contributed by atoms with Crippen molar-refractivity contribution in [2.24, 2.45) is 0 Å². The van der Waals surface area contributed by atoms with E-state index in [0.29, 0.717) is 25.5 Å². The Morgan fingerprint density at radius 2 is 1.69 bits per heavy atom. The SMILES string of the molecule is C=CCN(/C=C\C(=C)OC/C=C/C)C(C)=O.CC.CC.CC/C=C/OCC(O)CCC.CCC=N. The third-order valence-corrected chi connectivity index (χ3v) is 3.31. The molecule has 0 fully saturated rings. The molecule has 0 aliphatic heterocycles. The minimum absolute atomic E-state index is 0.0441.